The summed E-state index contributed by atoms with van der Waals surface area (Å²) in [4.78, 5) is 29.0. The van der Waals surface area contributed by atoms with E-state index in [0.29, 0.717) is 53.6 Å². The Balaban J connectivity index is 1.45. The quantitative estimate of drug-likeness (QED) is 0.351. The van der Waals surface area contributed by atoms with Gasteiger partial charge >= 0.3 is 0 Å². The smallest absolute Gasteiger partial charge is 0.251 e. The van der Waals surface area contributed by atoms with Gasteiger partial charge in [-0.3, -0.25) is 4.79 Å². The molecule has 1 aliphatic rings. The molecule has 0 radical (unpaired) electrons. The minimum atomic E-state index is -0.186. The number of H-pyrrole nitrogens is 1. The summed E-state index contributed by atoms with van der Waals surface area (Å²) >= 11 is 0. The molecule has 0 aliphatic carbocycles. The lowest BCUT2D eigenvalue weighted by molar-refractivity contribution is -0.00346. The van der Waals surface area contributed by atoms with E-state index in [4.69, 9.17) is 18.9 Å². The number of pyridine rings is 1. The van der Waals surface area contributed by atoms with Crippen molar-refractivity contribution in [2.75, 3.05) is 39.9 Å². The Bertz CT molecular complexity index is 1380. The molecule has 3 N–H and O–H groups in total. The fourth-order valence-corrected chi connectivity index (χ4v) is 3.76. The van der Waals surface area contributed by atoms with Crippen molar-refractivity contribution in [3.63, 3.8) is 0 Å². The minimum Gasteiger partial charge on any atom is -0.495 e. The number of carbonyl (C=O) groups is 1. The maximum atomic E-state index is 12.5. The van der Waals surface area contributed by atoms with Gasteiger partial charge in [0.05, 0.1) is 51.7 Å². The van der Waals surface area contributed by atoms with Crippen LogP contribution in [0.3, 0.4) is 0 Å². The molecule has 5 rings (SSSR count). The number of aromatic nitrogens is 4. The van der Waals surface area contributed by atoms with E-state index in [1.54, 1.807) is 38.6 Å². The fraction of sp³-hybridized carbons (Fsp3) is 0.250. The van der Waals surface area contributed by atoms with E-state index < -0.39 is 0 Å². The molecule has 0 bridgehead atoms. The first-order valence-corrected chi connectivity index (χ1v) is 10.9. The Kier molecular flexibility index (Phi) is 6.06. The molecule has 3 aromatic heterocycles. The van der Waals surface area contributed by atoms with Gasteiger partial charge in [0.15, 0.2) is 0 Å². The van der Waals surface area contributed by atoms with Crippen LogP contribution in [0.4, 0.5) is 11.6 Å². The van der Waals surface area contributed by atoms with Gasteiger partial charge in [0.1, 0.15) is 11.4 Å². The second kappa shape index (κ2) is 9.47. The van der Waals surface area contributed by atoms with E-state index >= 15 is 0 Å². The highest BCUT2D eigenvalue weighted by molar-refractivity contribution is 5.98. The lowest BCUT2D eigenvalue weighted by Crippen LogP contribution is -2.48. The molecular formula is C24H24N6O5. The molecule has 11 heteroatoms. The second-order valence-electron chi connectivity index (χ2n) is 7.82. The predicted molar refractivity (Wildman–Crippen MR) is 129 cm³/mol. The van der Waals surface area contributed by atoms with Crippen LogP contribution in [0.5, 0.6) is 17.5 Å². The van der Waals surface area contributed by atoms with Crippen LogP contribution >= 0.6 is 0 Å². The third kappa shape index (κ3) is 4.41. The molecule has 180 valence electrons. The van der Waals surface area contributed by atoms with Gasteiger partial charge in [-0.05, 0) is 29.8 Å². The van der Waals surface area contributed by atoms with E-state index in [0.717, 1.165) is 16.5 Å². The number of anilines is 2. The van der Waals surface area contributed by atoms with Gasteiger partial charge in [-0.25, -0.2) is 4.98 Å². The Morgan fingerprint density at radius 2 is 1.94 bits per heavy atom. The summed E-state index contributed by atoms with van der Waals surface area (Å²) < 4.78 is 21.4. The Morgan fingerprint density at radius 3 is 2.66 bits per heavy atom. The molecule has 1 aromatic carbocycles. The molecule has 1 saturated heterocycles. The van der Waals surface area contributed by atoms with Crippen molar-refractivity contribution in [3.05, 3.63) is 48.3 Å². The first-order valence-electron chi connectivity index (χ1n) is 10.9. The van der Waals surface area contributed by atoms with Crippen LogP contribution in [-0.4, -0.2) is 66.4 Å². The topological polar surface area (TPSA) is 133 Å². The zero-order valence-corrected chi connectivity index (χ0v) is 19.4. The van der Waals surface area contributed by atoms with Gasteiger partial charge in [-0.2, -0.15) is 9.97 Å². The Labute approximate surface area is 200 Å². The number of hydrogen-bond acceptors (Lipinski definition) is 9. The van der Waals surface area contributed by atoms with Crippen molar-refractivity contribution in [1.29, 1.82) is 0 Å². The third-order valence-corrected chi connectivity index (χ3v) is 5.63. The SMILES string of the molecule is COc1cc(-c2c[nH]c3nc(Nc4ccc(C(=O)NC5COC5)cc4OC)nc(OC)c23)ccn1. The van der Waals surface area contributed by atoms with Crippen molar-refractivity contribution < 1.29 is 23.7 Å². The summed E-state index contributed by atoms with van der Waals surface area (Å²) in [6.07, 6.45) is 3.51. The molecule has 11 nitrogen and oxygen atoms in total. The molecule has 0 unspecified atom stereocenters. The van der Waals surface area contributed by atoms with Crippen LogP contribution < -0.4 is 24.8 Å². The van der Waals surface area contributed by atoms with Crippen molar-refractivity contribution in [1.82, 2.24) is 25.3 Å². The van der Waals surface area contributed by atoms with E-state index in [1.807, 2.05) is 18.3 Å². The molecule has 1 aliphatic heterocycles. The summed E-state index contributed by atoms with van der Waals surface area (Å²) in [5.41, 5.74) is 3.41. The summed E-state index contributed by atoms with van der Waals surface area (Å²) in [5.74, 6) is 1.48. The highest BCUT2D eigenvalue weighted by Gasteiger charge is 2.22. The molecule has 1 amide bonds. The molecule has 0 atom stereocenters. The standard InChI is InChI=1S/C24H24N6O5/c1-32-18-8-14(22(31)27-15-11-35-12-15)4-5-17(18)28-24-29-21-20(23(30-24)34-3)16(10-26-21)13-6-7-25-19(9-13)33-2/h4-10,15H,11-12H2,1-3H3,(H,27,31)(H2,26,28,29,30). The highest BCUT2D eigenvalue weighted by atomic mass is 16.5. The van der Waals surface area contributed by atoms with Crippen LogP contribution in [0.15, 0.2) is 42.7 Å². The van der Waals surface area contributed by atoms with Crippen LogP contribution in [0.25, 0.3) is 22.2 Å². The van der Waals surface area contributed by atoms with E-state index in [2.05, 4.69) is 30.6 Å². The number of nitrogens with zero attached hydrogens (tertiary/aromatic N) is 3. The average Bonchev–Trinajstić information content (AvgIpc) is 3.30. The van der Waals surface area contributed by atoms with Crippen LogP contribution in [0, 0.1) is 0 Å². The largest absolute Gasteiger partial charge is 0.495 e. The van der Waals surface area contributed by atoms with Gasteiger partial charge in [0, 0.05) is 29.6 Å². The number of nitrogens with one attached hydrogen (secondary N) is 3. The van der Waals surface area contributed by atoms with Gasteiger partial charge in [-0.1, -0.05) is 0 Å². The number of ether oxygens (including phenoxy) is 4. The number of fused-ring (bicyclic) bond motifs is 1. The number of methoxy groups -OCH3 is 3. The maximum Gasteiger partial charge on any atom is 0.251 e. The number of carbonyl (C=O) groups excluding carboxylic acids is 1. The molecule has 0 saturated carbocycles. The maximum absolute atomic E-state index is 12.5. The molecule has 0 spiro atoms. The monoisotopic (exact) mass is 476 g/mol. The van der Waals surface area contributed by atoms with Crippen molar-refractivity contribution in [2.45, 2.75) is 6.04 Å². The van der Waals surface area contributed by atoms with Crippen LogP contribution in [-0.2, 0) is 4.74 Å². The van der Waals surface area contributed by atoms with Gasteiger partial charge < -0.3 is 34.6 Å². The zero-order chi connectivity index (χ0) is 24.4. The summed E-state index contributed by atoms with van der Waals surface area (Å²) in [7, 11) is 4.66. The van der Waals surface area contributed by atoms with Crippen molar-refractivity contribution in [3.8, 4) is 28.6 Å². The number of hydrogen-bond donors (Lipinski definition) is 3. The number of benzene rings is 1. The van der Waals surface area contributed by atoms with Crippen molar-refractivity contribution in [2.24, 2.45) is 0 Å². The fourth-order valence-electron chi connectivity index (χ4n) is 3.76. The van der Waals surface area contributed by atoms with Crippen molar-refractivity contribution >= 4 is 28.6 Å². The number of rotatable bonds is 8. The zero-order valence-electron chi connectivity index (χ0n) is 19.4. The van der Waals surface area contributed by atoms with E-state index in [1.165, 1.54) is 7.11 Å². The summed E-state index contributed by atoms with van der Waals surface area (Å²) in [6.45, 7) is 1.05. The minimum absolute atomic E-state index is 0.0396. The predicted octanol–water partition coefficient (Wildman–Crippen LogP) is 2.92. The van der Waals surface area contributed by atoms with Gasteiger partial charge in [0.2, 0.25) is 17.7 Å². The molecule has 1 fully saturated rings. The first kappa shape index (κ1) is 22.4. The molecular weight excluding hydrogens is 452 g/mol. The Hall–Kier alpha value is -4.38. The summed E-state index contributed by atoms with van der Waals surface area (Å²) in [6, 6.07) is 8.86. The molecule has 4 heterocycles. The summed E-state index contributed by atoms with van der Waals surface area (Å²) in [5, 5.41) is 6.80. The lowest BCUT2D eigenvalue weighted by Gasteiger charge is -2.26. The van der Waals surface area contributed by atoms with Gasteiger partial charge in [-0.15, -0.1) is 0 Å². The van der Waals surface area contributed by atoms with Gasteiger partial charge in [0.25, 0.3) is 5.91 Å². The number of amides is 1. The highest BCUT2D eigenvalue weighted by Crippen LogP contribution is 2.36. The first-order chi connectivity index (χ1) is 17.1. The van der Waals surface area contributed by atoms with E-state index in [9.17, 15) is 4.79 Å². The normalized spacial score (nSPS) is 13.2. The third-order valence-electron chi connectivity index (χ3n) is 5.63. The van der Waals surface area contributed by atoms with Crippen LogP contribution in [0.2, 0.25) is 0 Å². The molecule has 4 aromatic rings. The molecule has 35 heavy (non-hydrogen) atoms. The lowest BCUT2D eigenvalue weighted by atomic mass is 10.1. The van der Waals surface area contributed by atoms with Crippen LogP contribution in [0.1, 0.15) is 10.4 Å². The number of aromatic amines is 1. The Morgan fingerprint density at radius 1 is 1.09 bits per heavy atom. The van der Waals surface area contributed by atoms with E-state index in [-0.39, 0.29) is 11.9 Å². The second-order valence-corrected chi connectivity index (χ2v) is 7.82. The average molecular weight is 476 g/mol.